The predicted molar refractivity (Wildman–Crippen MR) is 59.4 cm³/mol. The summed E-state index contributed by atoms with van der Waals surface area (Å²) in [7, 11) is 0. The van der Waals surface area contributed by atoms with Crippen LogP contribution in [0.5, 0.6) is 5.75 Å². The molecule has 0 aliphatic rings. The molecule has 78 valence electrons. The van der Waals surface area contributed by atoms with Crippen molar-refractivity contribution in [2.45, 2.75) is 13.8 Å². The van der Waals surface area contributed by atoms with E-state index in [1.807, 2.05) is 13.8 Å². The Labute approximate surface area is 96.3 Å². The number of halogens is 3. The van der Waals surface area contributed by atoms with Gasteiger partial charge in [0.25, 0.3) is 0 Å². The van der Waals surface area contributed by atoms with Crippen LogP contribution in [-0.4, -0.2) is 6.61 Å². The van der Waals surface area contributed by atoms with Crippen molar-refractivity contribution in [1.29, 1.82) is 0 Å². The van der Waals surface area contributed by atoms with Crippen LogP contribution in [0, 0.1) is 11.7 Å². The third-order valence-electron chi connectivity index (χ3n) is 1.52. The van der Waals surface area contributed by atoms with E-state index in [4.69, 9.17) is 16.3 Å². The minimum Gasteiger partial charge on any atom is -0.489 e. The molecule has 0 saturated carbocycles. The van der Waals surface area contributed by atoms with Crippen molar-refractivity contribution in [3.05, 3.63) is 27.4 Å². The van der Waals surface area contributed by atoms with Crippen molar-refractivity contribution in [3.8, 4) is 5.75 Å². The highest BCUT2D eigenvalue weighted by molar-refractivity contribution is 9.10. The molecule has 0 spiro atoms. The molecular weight excluding hydrogens is 270 g/mol. The van der Waals surface area contributed by atoms with E-state index in [0.717, 1.165) is 0 Å². The Morgan fingerprint density at radius 2 is 2.14 bits per heavy atom. The van der Waals surface area contributed by atoms with Gasteiger partial charge in [-0.1, -0.05) is 41.4 Å². The van der Waals surface area contributed by atoms with Gasteiger partial charge in [-0.2, -0.15) is 0 Å². The molecule has 14 heavy (non-hydrogen) atoms. The van der Waals surface area contributed by atoms with Gasteiger partial charge in [0, 0.05) is 4.47 Å². The highest BCUT2D eigenvalue weighted by atomic mass is 79.9. The summed E-state index contributed by atoms with van der Waals surface area (Å²) in [6.07, 6.45) is 0. The largest absolute Gasteiger partial charge is 0.489 e. The van der Waals surface area contributed by atoms with Crippen LogP contribution in [0.1, 0.15) is 13.8 Å². The molecule has 0 heterocycles. The zero-order valence-corrected chi connectivity index (χ0v) is 10.3. The van der Waals surface area contributed by atoms with Gasteiger partial charge in [-0.3, -0.25) is 0 Å². The second-order valence-corrected chi connectivity index (χ2v) is 4.73. The summed E-state index contributed by atoms with van der Waals surface area (Å²) in [5.41, 5.74) is 0. The van der Waals surface area contributed by atoms with Gasteiger partial charge in [-0.25, -0.2) is 4.39 Å². The maximum absolute atomic E-state index is 13.3. The number of benzene rings is 1. The molecule has 0 radical (unpaired) electrons. The van der Waals surface area contributed by atoms with E-state index < -0.39 is 5.82 Å². The van der Waals surface area contributed by atoms with Crippen molar-refractivity contribution in [1.82, 2.24) is 0 Å². The Morgan fingerprint density at radius 3 is 2.64 bits per heavy atom. The predicted octanol–water partition coefficient (Wildman–Crippen LogP) is 4.28. The van der Waals surface area contributed by atoms with Crippen LogP contribution < -0.4 is 4.74 Å². The Bertz CT molecular complexity index is 305. The fourth-order valence-corrected chi connectivity index (χ4v) is 1.74. The zero-order chi connectivity index (χ0) is 10.7. The Kier molecular flexibility index (Phi) is 4.20. The average molecular weight is 282 g/mol. The van der Waals surface area contributed by atoms with Crippen LogP contribution in [-0.2, 0) is 0 Å². The van der Waals surface area contributed by atoms with E-state index in [1.165, 1.54) is 6.07 Å². The quantitative estimate of drug-likeness (QED) is 0.803. The van der Waals surface area contributed by atoms with Gasteiger partial charge in [0.2, 0.25) is 0 Å². The van der Waals surface area contributed by atoms with E-state index in [1.54, 1.807) is 6.07 Å². The van der Waals surface area contributed by atoms with Gasteiger partial charge in [-0.15, -0.1) is 0 Å². The van der Waals surface area contributed by atoms with Crippen LogP contribution in [0.4, 0.5) is 4.39 Å². The Balaban J connectivity index is 2.86. The SMILES string of the molecule is CC(C)COc1c(F)cc(Br)cc1Cl. The van der Waals surface area contributed by atoms with E-state index in [9.17, 15) is 4.39 Å². The van der Waals surface area contributed by atoms with Crippen LogP contribution in [0.15, 0.2) is 16.6 Å². The van der Waals surface area contributed by atoms with Crippen molar-refractivity contribution in [2.24, 2.45) is 5.92 Å². The third kappa shape index (κ3) is 3.14. The average Bonchev–Trinajstić information content (AvgIpc) is 2.01. The standard InChI is InChI=1S/C10H11BrClFO/c1-6(2)5-14-10-8(12)3-7(11)4-9(10)13/h3-4,6H,5H2,1-2H3. The van der Waals surface area contributed by atoms with E-state index >= 15 is 0 Å². The molecule has 0 aliphatic carbocycles. The zero-order valence-electron chi connectivity index (χ0n) is 7.98. The summed E-state index contributed by atoms with van der Waals surface area (Å²) in [5, 5.41) is 0.289. The first-order chi connectivity index (χ1) is 6.50. The lowest BCUT2D eigenvalue weighted by molar-refractivity contribution is 0.259. The Hall–Kier alpha value is -0.280. The van der Waals surface area contributed by atoms with Crippen LogP contribution >= 0.6 is 27.5 Å². The lowest BCUT2D eigenvalue weighted by atomic mass is 10.2. The molecule has 0 aromatic heterocycles. The fourth-order valence-electron chi connectivity index (χ4n) is 0.917. The molecule has 0 fully saturated rings. The molecule has 0 amide bonds. The lowest BCUT2D eigenvalue weighted by Crippen LogP contribution is -2.06. The number of hydrogen-bond acceptors (Lipinski definition) is 1. The van der Waals surface area contributed by atoms with Gasteiger partial charge >= 0.3 is 0 Å². The summed E-state index contributed by atoms with van der Waals surface area (Å²) in [5.74, 6) is 0.0303. The van der Waals surface area contributed by atoms with Crippen molar-refractivity contribution < 1.29 is 9.13 Å². The molecule has 1 nitrogen and oxygen atoms in total. The van der Waals surface area contributed by atoms with E-state index in [2.05, 4.69) is 15.9 Å². The molecule has 1 rings (SSSR count). The highest BCUT2D eigenvalue weighted by Gasteiger charge is 2.10. The molecule has 4 heteroatoms. The van der Waals surface area contributed by atoms with E-state index in [0.29, 0.717) is 17.0 Å². The number of rotatable bonds is 3. The van der Waals surface area contributed by atoms with Gasteiger partial charge in [0.15, 0.2) is 11.6 Å². The molecule has 0 aliphatic heterocycles. The molecule has 0 unspecified atom stereocenters. The first-order valence-electron chi connectivity index (χ1n) is 4.28. The molecule has 0 saturated heterocycles. The highest BCUT2D eigenvalue weighted by Crippen LogP contribution is 2.31. The summed E-state index contributed by atoms with van der Waals surface area (Å²) >= 11 is 8.97. The molecular formula is C10H11BrClFO. The van der Waals surface area contributed by atoms with Crippen LogP contribution in [0.3, 0.4) is 0 Å². The van der Waals surface area contributed by atoms with Crippen molar-refractivity contribution in [3.63, 3.8) is 0 Å². The summed E-state index contributed by atoms with van der Waals surface area (Å²) in [6, 6.07) is 2.95. The fraction of sp³-hybridized carbons (Fsp3) is 0.400. The summed E-state index contributed by atoms with van der Waals surface area (Å²) < 4.78 is 19.2. The minimum atomic E-state index is -0.440. The molecule has 0 N–H and O–H groups in total. The van der Waals surface area contributed by atoms with Crippen molar-refractivity contribution >= 4 is 27.5 Å². The van der Waals surface area contributed by atoms with Gasteiger partial charge < -0.3 is 4.74 Å². The summed E-state index contributed by atoms with van der Waals surface area (Å²) in [4.78, 5) is 0. The topological polar surface area (TPSA) is 9.23 Å². The van der Waals surface area contributed by atoms with Gasteiger partial charge in [-0.05, 0) is 18.1 Å². The van der Waals surface area contributed by atoms with Gasteiger partial charge in [0.1, 0.15) is 0 Å². The van der Waals surface area contributed by atoms with Crippen LogP contribution in [0.2, 0.25) is 5.02 Å². The van der Waals surface area contributed by atoms with Crippen LogP contribution in [0.25, 0.3) is 0 Å². The van der Waals surface area contributed by atoms with Crippen molar-refractivity contribution in [2.75, 3.05) is 6.61 Å². The van der Waals surface area contributed by atoms with E-state index in [-0.39, 0.29) is 10.8 Å². The maximum Gasteiger partial charge on any atom is 0.173 e. The molecule has 0 atom stereocenters. The smallest absolute Gasteiger partial charge is 0.173 e. The molecule has 0 bridgehead atoms. The second-order valence-electron chi connectivity index (χ2n) is 3.40. The number of ether oxygens (including phenoxy) is 1. The third-order valence-corrected chi connectivity index (χ3v) is 2.26. The molecule has 1 aromatic rings. The van der Waals surface area contributed by atoms with Gasteiger partial charge in [0.05, 0.1) is 11.6 Å². The second kappa shape index (κ2) is 4.99. The first-order valence-corrected chi connectivity index (χ1v) is 5.45. The monoisotopic (exact) mass is 280 g/mol. The maximum atomic E-state index is 13.3. The summed E-state index contributed by atoms with van der Waals surface area (Å²) in [6.45, 7) is 4.44. The normalized spacial score (nSPS) is 10.7. The minimum absolute atomic E-state index is 0.128. The molecule has 1 aromatic carbocycles. The lowest BCUT2D eigenvalue weighted by Gasteiger charge is -2.11. The first kappa shape index (κ1) is 11.8. The number of hydrogen-bond donors (Lipinski definition) is 0. The Morgan fingerprint density at radius 1 is 1.50 bits per heavy atom.